The molecule has 1 atom stereocenters. The fourth-order valence-corrected chi connectivity index (χ4v) is 2.58. The van der Waals surface area contributed by atoms with Gasteiger partial charge in [0, 0.05) is 10.8 Å². The van der Waals surface area contributed by atoms with Crippen molar-refractivity contribution in [3.63, 3.8) is 0 Å². The lowest BCUT2D eigenvalue weighted by atomic mass is 10.2. The van der Waals surface area contributed by atoms with Gasteiger partial charge in [-0.1, -0.05) is 12.1 Å². The minimum atomic E-state index is -1.52. The summed E-state index contributed by atoms with van der Waals surface area (Å²) in [6, 6.07) is 4.37. The minimum Gasteiger partial charge on any atom is -0.481 e. The zero-order valence-corrected chi connectivity index (χ0v) is 9.98. The van der Waals surface area contributed by atoms with E-state index in [9.17, 15) is 13.4 Å². The molecule has 0 fully saturated rings. The van der Waals surface area contributed by atoms with Crippen molar-refractivity contribution < 1.29 is 18.5 Å². The van der Waals surface area contributed by atoms with Crippen molar-refractivity contribution in [1.29, 1.82) is 0 Å². The van der Waals surface area contributed by atoms with Gasteiger partial charge in [0.15, 0.2) is 0 Å². The first kappa shape index (κ1) is 12.3. The third-order valence-corrected chi connectivity index (χ3v) is 3.72. The number of benzene rings is 1. The molecule has 1 aromatic rings. The van der Waals surface area contributed by atoms with Crippen LogP contribution >= 0.6 is 15.9 Å². The smallest absolute Gasteiger partial charge is 0.316 e. The second-order valence-corrected chi connectivity index (χ2v) is 5.09. The van der Waals surface area contributed by atoms with E-state index in [2.05, 4.69) is 15.9 Å². The summed E-state index contributed by atoms with van der Waals surface area (Å²) in [6.07, 6.45) is 0. The number of hydrogen-bond acceptors (Lipinski definition) is 2. The lowest BCUT2D eigenvalue weighted by molar-refractivity contribution is -0.133. The van der Waals surface area contributed by atoms with Crippen molar-refractivity contribution in [3.8, 4) is 0 Å². The molecule has 1 aromatic carbocycles. The summed E-state index contributed by atoms with van der Waals surface area (Å²) in [5, 5.41) is 8.41. The van der Waals surface area contributed by atoms with Gasteiger partial charge in [0.2, 0.25) is 0 Å². The Kier molecular flexibility index (Phi) is 4.41. The number of rotatable bonds is 4. The minimum absolute atomic E-state index is 0.0324. The first-order valence-corrected chi connectivity index (χ1v) is 6.28. The number of hydrogen-bond donors (Lipinski definition) is 1. The highest BCUT2D eigenvalue weighted by Crippen LogP contribution is 2.21. The highest BCUT2D eigenvalue weighted by atomic mass is 79.9. The summed E-state index contributed by atoms with van der Waals surface area (Å²) in [5.41, 5.74) is 0.509. The zero-order valence-electron chi connectivity index (χ0n) is 7.57. The van der Waals surface area contributed by atoms with Gasteiger partial charge in [0.1, 0.15) is 11.6 Å². The van der Waals surface area contributed by atoms with Gasteiger partial charge in [-0.15, -0.1) is 0 Å². The molecule has 1 unspecified atom stereocenters. The van der Waals surface area contributed by atoms with Gasteiger partial charge < -0.3 is 5.11 Å². The lowest BCUT2D eigenvalue weighted by Crippen LogP contribution is -2.11. The van der Waals surface area contributed by atoms with Crippen molar-refractivity contribution in [2.45, 2.75) is 5.75 Å². The molecule has 0 bridgehead atoms. The summed E-state index contributed by atoms with van der Waals surface area (Å²) < 4.78 is 24.5. The summed E-state index contributed by atoms with van der Waals surface area (Å²) in [4.78, 5) is 10.3. The summed E-state index contributed by atoms with van der Waals surface area (Å²) in [7, 11) is -1.52. The fraction of sp³-hybridized carbons (Fsp3) is 0.222. The molecule has 0 saturated carbocycles. The van der Waals surface area contributed by atoms with Gasteiger partial charge >= 0.3 is 5.97 Å². The molecule has 82 valence electrons. The summed E-state index contributed by atoms with van der Waals surface area (Å²) in [5.74, 6) is -1.96. The highest BCUT2D eigenvalue weighted by molar-refractivity contribution is 9.10. The van der Waals surface area contributed by atoms with E-state index in [1.807, 2.05) is 0 Å². The van der Waals surface area contributed by atoms with E-state index in [0.29, 0.717) is 5.56 Å². The van der Waals surface area contributed by atoms with Crippen LogP contribution in [0.15, 0.2) is 22.7 Å². The average Bonchev–Trinajstić information content (AvgIpc) is 2.11. The largest absolute Gasteiger partial charge is 0.481 e. The van der Waals surface area contributed by atoms with E-state index in [0.717, 1.165) is 0 Å². The molecule has 0 amide bonds. The Morgan fingerprint density at radius 3 is 2.80 bits per heavy atom. The van der Waals surface area contributed by atoms with Gasteiger partial charge in [0.25, 0.3) is 0 Å². The van der Waals surface area contributed by atoms with Crippen molar-refractivity contribution in [2.24, 2.45) is 0 Å². The number of carbonyl (C=O) groups is 1. The van der Waals surface area contributed by atoms with E-state index in [4.69, 9.17) is 5.11 Å². The fourth-order valence-electron chi connectivity index (χ4n) is 1.02. The molecular weight excluding hydrogens is 287 g/mol. The zero-order chi connectivity index (χ0) is 11.4. The van der Waals surface area contributed by atoms with Crippen LogP contribution < -0.4 is 0 Å². The van der Waals surface area contributed by atoms with Crippen LogP contribution in [-0.2, 0) is 21.3 Å². The molecule has 0 aliphatic rings. The average molecular weight is 295 g/mol. The third kappa shape index (κ3) is 3.71. The van der Waals surface area contributed by atoms with Gasteiger partial charge in [0.05, 0.1) is 10.2 Å². The first-order chi connectivity index (χ1) is 7.00. The van der Waals surface area contributed by atoms with Crippen LogP contribution in [0.2, 0.25) is 0 Å². The molecule has 1 N–H and O–H groups in total. The van der Waals surface area contributed by atoms with Crippen LogP contribution in [0.25, 0.3) is 0 Å². The SMILES string of the molecule is O=C(O)CS(=O)Cc1cccc(F)c1Br. The Balaban J connectivity index is 2.77. The normalized spacial score (nSPS) is 12.4. The molecule has 0 aliphatic heterocycles. The molecule has 0 aromatic heterocycles. The number of carboxylic acids is 1. The Labute approximate surface area is 96.9 Å². The van der Waals surface area contributed by atoms with Crippen LogP contribution in [0.4, 0.5) is 4.39 Å². The molecule has 0 saturated heterocycles. The summed E-state index contributed by atoms with van der Waals surface area (Å²) >= 11 is 3.02. The standard InChI is InChI=1S/C9H8BrFO3S/c10-9-6(2-1-3-7(9)11)4-15(14)5-8(12)13/h1-3H,4-5H2,(H,12,13). The molecule has 0 radical (unpaired) electrons. The topological polar surface area (TPSA) is 54.4 Å². The van der Waals surface area contributed by atoms with Crippen molar-refractivity contribution >= 4 is 32.7 Å². The van der Waals surface area contributed by atoms with E-state index >= 15 is 0 Å². The predicted octanol–water partition coefficient (Wildman–Crippen LogP) is 1.92. The highest BCUT2D eigenvalue weighted by Gasteiger charge is 2.11. The Morgan fingerprint density at radius 2 is 2.20 bits per heavy atom. The van der Waals surface area contributed by atoms with Gasteiger partial charge in [-0.3, -0.25) is 9.00 Å². The molecular formula is C9H8BrFO3S. The molecule has 15 heavy (non-hydrogen) atoms. The van der Waals surface area contributed by atoms with Crippen LogP contribution in [0, 0.1) is 5.82 Å². The Bertz CT molecular complexity index is 408. The maximum absolute atomic E-state index is 13.0. The number of carboxylic acid groups (broad SMARTS) is 1. The van der Waals surface area contributed by atoms with Crippen LogP contribution in [0.5, 0.6) is 0 Å². The van der Waals surface area contributed by atoms with Gasteiger partial charge in [-0.05, 0) is 27.6 Å². The molecule has 3 nitrogen and oxygen atoms in total. The second kappa shape index (κ2) is 5.37. The van der Waals surface area contributed by atoms with Crippen LogP contribution in [0.1, 0.15) is 5.56 Å². The van der Waals surface area contributed by atoms with Crippen LogP contribution in [-0.4, -0.2) is 21.0 Å². The van der Waals surface area contributed by atoms with E-state index in [-0.39, 0.29) is 10.2 Å². The summed E-state index contributed by atoms with van der Waals surface area (Å²) in [6.45, 7) is 0. The predicted molar refractivity (Wildman–Crippen MR) is 58.4 cm³/mol. The van der Waals surface area contributed by atoms with Crippen molar-refractivity contribution in [1.82, 2.24) is 0 Å². The van der Waals surface area contributed by atoms with Crippen molar-refractivity contribution in [3.05, 3.63) is 34.1 Å². The maximum Gasteiger partial charge on any atom is 0.316 e. The number of aliphatic carboxylic acids is 1. The first-order valence-electron chi connectivity index (χ1n) is 4.00. The third-order valence-electron chi connectivity index (χ3n) is 1.63. The van der Waals surface area contributed by atoms with Gasteiger partial charge in [-0.2, -0.15) is 0 Å². The van der Waals surface area contributed by atoms with Gasteiger partial charge in [-0.25, -0.2) is 4.39 Å². The van der Waals surface area contributed by atoms with E-state index in [1.54, 1.807) is 6.07 Å². The Hall–Kier alpha value is -0.750. The molecule has 0 aliphatic carbocycles. The molecule has 6 heteroatoms. The monoisotopic (exact) mass is 294 g/mol. The quantitative estimate of drug-likeness (QED) is 0.923. The molecule has 0 spiro atoms. The van der Waals surface area contributed by atoms with Crippen molar-refractivity contribution in [2.75, 3.05) is 5.75 Å². The van der Waals surface area contributed by atoms with E-state index < -0.39 is 28.3 Å². The molecule has 0 heterocycles. The molecule has 1 rings (SSSR count). The second-order valence-electron chi connectivity index (χ2n) is 2.84. The van der Waals surface area contributed by atoms with E-state index in [1.165, 1.54) is 12.1 Å². The Morgan fingerprint density at radius 1 is 1.53 bits per heavy atom. The lowest BCUT2D eigenvalue weighted by Gasteiger charge is -2.03. The number of halogens is 2. The van der Waals surface area contributed by atoms with Crippen LogP contribution in [0.3, 0.4) is 0 Å². The maximum atomic E-state index is 13.0.